The summed E-state index contributed by atoms with van der Waals surface area (Å²) in [4.78, 5) is 0. The predicted octanol–water partition coefficient (Wildman–Crippen LogP) is 12.4. The molecule has 17 heteroatoms. The minimum atomic E-state index is -5.22. The van der Waals surface area contributed by atoms with Gasteiger partial charge in [-0.3, -0.25) is 0 Å². The molecule has 4 aromatic rings. The molecule has 1 aliphatic heterocycles. The van der Waals surface area contributed by atoms with Crippen LogP contribution >= 0.6 is 0 Å². The summed E-state index contributed by atoms with van der Waals surface area (Å²) in [7, 11) is 5.81. The summed E-state index contributed by atoms with van der Waals surface area (Å²) < 4.78 is 194. The van der Waals surface area contributed by atoms with Crippen molar-refractivity contribution < 1.29 is 88.4 Å². The van der Waals surface area contributed by atoms with Gasteiger partial charge in [-0.1, -0.05) is 55.4 Å². The Hall–Kier alpha value is -3.96. The molecular formula is C49H56BrF12NO3. The van der Waals surface area contributed by atoms with Gasteiger partial charge in [-0.25, -0.2) is 0 Å². The van der Waals surface area contributed by atoms with E-state index in [9.17, 15) is 52.7 Å². The minimum absolute atomic E-state index is 0. The van der Waals surface area contributed by atoms with Crippen LogP contribution in [0.1, 0.15) is 120 Å². The van der Waals surface area contributed by atoms with Crippen molar-refractivity contribution in [3.63, 3.8) is 0 Å². The maximum Gasteiger partial charge on any atom is 0.416 e. The smallest absolute Gasteiger partial charge is 0.416 e. The minimum Gasteiger partial charge on any atom is -1.00 e. The highest BCUT2D eigenvalue weighted by molar-refractivity contribution is 5.91. The van der Waals surface area contributed by atoms with Crippen molar-refractivity contribution >= 4 is 0 Å². The fourth-order valence-electron chi connectivity index (χ4n) is 9.48. The third-order valence-corrected chi connectivity index (χ3v) is 13.2. The highest BCUT2D eigenvalue weighted by Crippen LogP contribution is 2.56. The molecule has 0 fully saturated rings. The van der Waals surface area contributed by atoms with Gasteiger partial charge in [0.2, 0.25) is 0 Å². The van der Waals surface area contributed by atoms with Crippen LogP contribution in [0.15, 0.2) is 48.5 Å². The summed E-state index contributed by atoms with van der Waals surface area (Å²) in [5.41, 5.74) is -8.37. The maximum atomic E-state index is 14.7. The molecule has 1 aliphatic rings. The van der Waals surface area contributed by atoms with Gasteiger partial charge in [0.25, 0.3) is 0 Å². The number of benzene rings is 4. The number of rotatable bonds is 9. The van der Waals surface area contributed by atoms with Gasteiger partial charge in [0.15, 0.2) is 0 Å². The molecule has 0 saturated carbocycles. The van der Waals surface area contributed by atoms with Gasteiger partial charge in [-0.15, -0.1) is 0 Å². The molecular weight excluding hydrogens is 958 g/mol. The second-order valence-electron chi connectivity index (χ2n) is 19.3. The monoisotopic (exact) mass is 1010 g/mol. The maximum absolute atomic E-state index is 14.7. The van der Waals surface area contributed by atoms with Gasteiger partial charge in [-0.05, 0) is 101 Å². The second kappa shape index (κ2) is 18.2. The Morgan fingerprint density at radius 2 is 0.803 bits per heavy atom. The van der Waals surface area contributed by atoms with Gasteiger partial charge in [0.1, 0.15) is 36.2 Å². The molecule has 0 aliphatic carbocycles. The number of halogens is 13. The molecule has 0 N–H and O–H groups in total. The van der Waals surface area contributed by atoms with E-state index in [1.165, 1.54) is 21.3 Å². The standard InChI is InChI=1S/C49H56F12NO3.BrH/c1-14-45(15-2,65-13)26(3)62(10)24-35-33(22-37(43(4,5)6)41(63-11)39(35)27-16-29(46(50,51)52)20-30(17-27)47(53,54)55)34-23-38(44(7,8)9)42(64-12)40(36(34)25-62)28-18-31(48(56,57)58)21-32(19-28)49(59,60)61;/h16-23,26H,14-15,24-25H2,1-13H3;1H/q+1;/p-1/t26-;/m0./s1. The normalized spacial score (nSPS) is 15.3. The van der Waals surface area contributed by atoms with Crippen LogP contribution in [0, 0.1) is 0 Å². The Balaban J connectivity index is 0.00000952. The topological polar surface area (TPSA) is 27.7 Å². The molecule has 0 spiro atoms. The molecule has 0 unspecified atom stereocenters. The number of methoxy groups -OCH3 is 3. The van der Waals surface area contributed by atoms with Crippen molar-refractivity contribution in [2.45, 2.75) is 135 Å². The third-order valence-electron chi connectivity index (χ3n) is 13.2. The Labute approximate surface area is 389 Å². The van der Waals surface area contributed by atoms with E-state index in [0.29, 0.717) is 48.2 Å². The Morgan fingerprint density at radius 1 is 0.515 bits per heavy atom. The number of nitrogens with zero attached hydrogens (tertiary/aromatic N) is 1. The first-order valence-corrected chi connectivity index (χ1v) is 21.0. The van der Waals surface area contributed by atoms with E-state index in [-0.39, 0.29) is 91.6 Å². The van der Waals surface area contributed by atoms with Crippen LogP contribution in [0.25, 0.3) is 33.4 Å². The number of fused-ring (bicyclic) bond motifs is 3. The summed E-state index contributed by atoms with van der Waals surface area (Å²) >= 11 is 0. The van der Waals surface area contributed by atoms with E-state index < -0.39 is 80.6 Å². The highest BCUT2D eigenvalue weighted by atomic mass is 79.9. The molecule has 0 bridgehead atoms. The zero-order valence-electron chi connectivity index (χ0n) is 39.1. The quantitative estimate of drug-likeness (QED) is 0.124. The van der Waals surface area contributed by atoms with Crippen LogP contribution in [0.3, 0.4) is 0 Å². The molecule has 0 radical (unpaired) electrons. The second-order valence-corrected chi connectivity index (χ2v) is 19.3. The van der Waals surface area contributed by atoms with E-state index in [4.69, 9.17) is 14.2 Å². The zero-order chi connectivity index (χ0) is 49.4. The molecule has 0 aromatic heterocycles. The third kappa shape index (κ3) is 10.2. The number of quaternary nitrogens is 1. The summed E-state index contributed by atoms with van der Waals surface area (Å²) in [6.45, 7) is 16.0. The van der Waals surface area contributed by atoms with E-state index in [2.05, 4.69) is 0 Å². The number of hydrogen-bond acceptors (Lipinski definition) is 3. The van der Waals surface area contributed by atoms with Gasteiger partial charge in [-0.2, -0.15) is 52.7 Å². The summed E-state index contributed by atoms with van der Waals surface area (Å²) in [6.07, 6.45) is -20.1. The molecule has 66 heavy (non-hydrogen) atoms. The summed E-state index contributed by atoms with van der Waals surface area (Å²) in [5, 5.41) is 0. The van der Waals surface area contributed by atoms with Crippen molar-refractivity contribution in [3.05, 3.63) is 93.0 Å². The highest BCUT2D eigenvalue weighted by Gasteiger charge is 2.49. The molecule has 1 atom stereocenters. The van der Waals surface area contributed by atoms with Gasteiger partial charge >= 0.3 is 24.7 Å². The SMILES string of the molecule is CCC(CC)(OC)[C@H](C)[N+]1(C)Cc2c(cc(C(C)(C)C)c(OC)c2-c2cc(C(F)(F)F)cc(C(F)(F)F)c2)-c2cc(C(C)(C)C)c(OC)c(-c3cc(C(F)(F)F)cc(C(F)(F)F)c3)c2C1.[Br-]. The van der Waals surface area contributed by atoms with Crippen LogP contribution in [0.5, 0.6) is 11.5 Å². The largest absolute Gasteiger partial charge is 1.00 e. The van der Waals surface area contributed by atoms with Crippen molar-refractivity contribution in [2.24, 2.45) is 0 Å². The lowest BCUT2D eigenvalue weighted by Crippen LogP contribution is -3.00. The molecule has 4 nitrogen and oxygen atoms in total. The fraction of sp³-hybridized carbons (Fsp3) is 0.510. The molecule has 5 rings (SSSR count). The van der Waals surface area contributed by atoms with Gasteiger partial charge in [0, 0.05) is 40.5 Å². The Morgan fingerprint density at radius 3 is 1.02 bits per heavy atom. The van der Waals surface area contributed by atoms with Crippen LogP contribution in [0.4, 0.5) is 52.7 Å². The number of hydrogen-bond donors (Lipinski definition) is 0. The number of likely N-dealkylation sites (N-methyl/N-ethyl adjacent to an activating group) is 1. The van der Waals surface area contributed by atoms with Crippen molar-refractivity contribution in [1.29, 1.82) is 0 Å². The number of ether oxygens (including phenoxy) is 3. The van der Waals surface area contributed by atoms with Crippen LogP contribution in [-0.4, -0.2) is 44.5 Å². The first kappa shape index (κ1) is 54.6. The average molecular weight is 1010 g/mol. The average Bonchev–Trinajstić information content (AvgIpc) is 3.31. The van der Waals surface area contributed by atoms with Crippen LogP contribution in [-0.2, 0) is 53.4 Å². The van der Waals surface area contributed by atoms with E-state index in [0.717, 1.165) is 0 Å². The lowest BCUT2D eigenvalue weighted by Gasteiger charge is -2.48. The molecule has 0 amide bonds. The molecule has 1 heterocycles. The van der Waals surface area contributed by atoms with Gasteiger partial charge < -0.3 is 35.7 Å². The lowest BCUT2D eigenvalue weighted by atomic mass is 9.76. The van der Waals surface area contributed by atoms with Crippen molar-refractivity contribution in [3.8, 4) is 44.9 Å². The van der Waals surface area contributed by atoms with Gasteiger partial charge in [0.05, 0.1) is 43.5 Å². The predicted molar refractivity (Wildman–Crippen MR) is 227 cm³/mol. The van der Waals surface area contributed by atoms with E-state index >= 15 is 0 Å². The summed E-state index contributed by atoms with van der Waals surface area (Å²) in [5.74, 6) is -0.0133. The fourth-order valence-corrected chi connectivity index (χ4v) is 9.48. The lowest BCUT2D eigenvalue weighted by molar-refractivity contribution is -0.963. The van der Waals surface area contributed by atoms with Crippen LogP contribution < -0.4 is 26.5 Å². The van der Waals surface area contributed by atoms with E-state index in [1.54, 1.807) is 60.7 Å². The van der Waals surface area contributed by atoms with Crippen molar-refractivity contribution in [1.82, 2.24) is 0 Å². The molecule has 4 aromatic carbocycles. The van der Waals surface area contributed by atoms with Crippen molar-refractivity contribution in [2.75, 3.05) is 28.4 Å². The van der Waals surface area contributed by atoms with Crippen LogP contribution in [0.2, 0.25) is 0 Å². The Bertz CT molecular complexity index is 2210. The number of alkyl halides is 12. The van der Waals surface area contributed by atoms with E-state index in [1.807, 2.05) is 20.8 Å². The summed E-state index contributed by atoms with van der Waals surface area (Å²) in [6, 6.07) is 5.46. The molecule has 0 saturated heterocycles. The Kier molecular flexibility index (Phi) is 15.0. The first-order chi connectivity index (χ1) is 29.5. The molecule has 366 valence electrons. The first-order valence-electron chi connectivity index (χ1n) is 21.0. The zero-order valence-corrected chi connectivity index (χ0v) is 40.7.